The molecule has 2 aliphatic rings. The van der Waals surface area contributed by atoms with Crippen LogP contribution < -0.4 is 5.32 Å². The van der Waals surface area contributed by atoms with Gasteiger partial charge in [-0.25, -0.2) is 0 Å². The zero-order valence-electron chi connectivity index (χ0n) is 8.47. The minimum absolute atomic E-state index is 0.543. The summed E-state index contributed by atoms with van der Waals surface area (Å²) in [6, 6.07) is 0.680. The molecule has 0 aromatic rings. The molecule has 74 valence electrons. The minimum atomic E-state index is 0.543. The number of amidine groups is 1. The fraction of sp³-hybridized carbons (Fsp3) is 0.900. The molecule has 0 aromatic heterocycles. The summed E-state index contributed by atoms with van der Waals surface area (Å²) in [5, 5.41) is 4.73. The molecule has 13 heavy (non-hydrogen) atoms. The van der Waals surface area contributed by atoms with Crippen molar-refractivity contribution >= 4 is 16.9 Å². The van der Waals surface area contributed by atoms with E-state index in [1.807, 2.05) is 11.8 Å². The molecule has 1 aliphatic heterocycles. The second-order valence-corrected chi connectivity index (χ2v) is 5.87. The number of nitrogens with one attached hydrogen (secondary N) is 1. The maximum Gasteiger partial charge on any atom is 0.156 e. The van der Waals surface area contributed by atoms with E-state index in [0.29, 0.717) is 11.5 Å². The lowest BCUT2D eigenvalue weighted by Gasteiger charge is -2.18. The van der Waals surface area contributed by atoms with Gasteiger partial charge in [-0.2, -0.15) is 0 Å². The van der Waals surface area contributed by atoms with Crippen LogP contribution in [0.5, 0.6) is 0 Å². The predicted molar refractivity (Wildman–Crippen MR) is 59.3 cm³/mol. The van der Waals surface area contributed by atoms with Gasteiger partial charge in [-0.3, -0.25) is 4.99 Å². The summed E-state index contributed by atoms with van der Waals surface area (Å²) in [5.41, 5.74) is 0.543. The molecule has 0 saturated heterocycles. The average Bonchev–Trinajstić information content (AvgIpc) is 2.61. The molecule has 0 amide bonds. The van der Waals surface area contributed by atoms with Crippen molar-refractivity contribution in [1.82, 2.24) is 5.32 Å². The summed E-state index contributed by atoms with van der Waals surface area (Å²) in [6.07, 6.45) is 3.96. The smallest absolute Gasteiger partial charge is 0.156 e. The Labute approximate surface area is 84.6 Å². The van der Waals surface area contributed by atoms with Crippen LogP contribution in [0, 0.1) is 5.41 Å². The maximum atomic E-state index is 4.42. The molecule has 1 atom stereocenters. The zero-order chi connectivity index (χ0) is 9.31. The predicted octanol–water partition coefficient (Wildman–Crippen LogP) is 2.26. The van der Waals surface area contributed by atoms with Gasteiger partial charge in [-0.15, -0.1) is 0 Å². The highest BCUT2D eigenvalue weighted by molar-refractivity contribution is 8.14. The molecule has 1 aliphatic carbocycles. The summed E-state index contributed by atoms with van der Waals surface area (Å²) in [7, 11) is 0. The molecular weight excluding hydrogens is 180 g/mol. The van der Waals surface area contributed by atoms with E-state index in [0.717, 1.165) is 6.54 Å². The number of rotatable bonds is 1. The van der Waals surface area contributed by atoms with Gasteiger partial charge in [0.15, 0.2) is 5.17 Å². The van der Waals surface area contributed by atoms with Gasteiger partial charge in [0.25, 0.3) is 0 Å². The second kappa shape index (κ2) is 3.52. The second-order valence-electron chi connectivity index (χ2n) is 4.78. The molecule has 1 heterocycles. The van der Waals surface area contributed by atoms with Gasteiger partial charge in [0.2, 0.25) is 0 Å². The summed E-state index contributed by atoms with van der Waals surface area (Å²) in [5.74, 6) is 1.17. The molecule has 1 saturated carbocycles. The number of thioether (sulfide) groups is 1. The third-order valence-electron chi connectivity index (χ3n) is 2.88. The van der Waals surface area contributed by atoms with Crippen LogP contribution in [0.4, 0.5) is 0 Å². The third kappa shape index (κ3) is 2.39. The summed E-state index contributed by atoms with van der Waals surface area (Å²) in [6.45, 7) is 5.72. The van der Waals surface area contributed by atoms with Gasteiger partial charge in [-0.1, -0.05) is 25.6 Å². The Kier molecular flexibility index (Phi) is 2.54. The molecule has 0 radical (unpaired) electrons. The lowest BCUT2D eigenvalue weighted by atomic mass is 9.92. The van der Waals surface area contributed by atoms with Crippen molar-refractivity contribution in [3.05, 3.63) is 0 Å². The lowest BCUT2D eigenvalue weighted by Crippen LogP contribution is -2.30. The monoisotopic (exact) mass is 198 g/mol. The average molecular weight is 198 g/mol. The fourth-order valence-corrected chi connectivity index (χ4v) is 2.96. The van der Waals surface area contributed by atoms with Gasteiger partial charge in [0, 0.05) is 11.8 Å². The van der Waals surface area contributed by atoms with E-state index in [4.69, 9.17) is 0 Å². The first-order chi connectivity index (χ1) is 6.16. The molecule has 0 aromatic carbocycles. The van der Waals surface area contributed by atoms with E-state index in [9.17, 15) is 0 Å². The molecule has 0 bridgehead atoms. The van der Waals surface area contributed by atoms with Gasteiger partial charge >= 0.3 is 0 Å². The molecular formula is C10H18N2S. The zero-order valence-corrected chi connectivity index (χ0v) is 9.28. The van der Waals surface area contributed by atoms with Crippen LogP contribution in [-0.4, -0.2) is 23.5 Å². The van der Waals surface area contributed by atoms with Gasteiger partial charge in [-0.05, 0) is 24.7 Å². The molecule has 2 rings (SSSR count). The van der Waals surface area contributed by atoms with Crippen LogP contribution in [0.1, 0.15) is 33.1 Å². The minimum Gasteiger partial charge on any atom is -0.362 e. The van der Waals surface area contributed by atoms with Crippen molar-refractivity contribution in [2.45, 2.75) is 39.2 Å². The Bertz CT molecular complexity index is 223. The van der Waals surface area contributed by atoms with Crippen molar-refractivity contribution in [3.8, 4) is 0 Å². The Hall–Kier alpha value is -0.180. The molecule has 1 N–H and O–H groups in total. The summed E-state index contributed by atoms with van der Waals surface area (Å²) in [4.78, 5) is 4.42. The Balaban J connectivity index is 1.83. The molecule has 1 fully saturated rings. The topological polar surface area (TPSA) is 24.4 Å². The number of hydrogen-bond acceptors (Lipinski definition) is 3. The quantitative estimate of drug-likeness (QED) is 0.699. The van der Waals surface area contributed by atoms with Crippen LogP contribution in [0.2, 0.25) is 0 Å². The van der Waals surface area contributed by atoms with Crippen molar-refractivity contribution in [3.63, 3.8) is 0 Å². The van der Waals surface area contributed by atoms with E-state index >= 15 is 0 Å². The standard InChI is InChI=1S/C10H18N2S/c1-10(2)4-3-8(7-10)12-9-11-5-6-13-9/h8H,3-7H2,1-2H3,(H,11,12). The maximum absolute atomic E-state index is 4.42. The van der Waals surface area contributed by atoms with Crippen molar-refractivity contribution in [2.75, 3.05) is 12.3 Å². The van der Waals surface area contributed by atoms with Crippen LogP contribution in [0.25, 0.3) is 0 Å². The Morgan fingerprint density at radius 1 is 1.54 bits per heavy atom. The Morgan fingerprint density at radius 2 is 2.38 bits per heavy atom. The lowest BCUT2D eigenvalue weighted by molar-refractivity contribution is 0.372. The Morgan fingerprint density at radius 3 is 2.92 bits per heavy atom. The van der Waals surface area contributed by atoms with Gasteiger partial charge in [0.05, 0.1) is 6.54 Å². The fourth-order valence-electron chi connectivity index (χ4n) is 2.16. The summed E-state index contributed by atoms with van der Waals surface area (Å²) < 4.78 is 0. The number of aliphatic imine (C=N–C) groups is 1. The van der Waals surface area contributed by atoms with Crippen LogP contribution in [0.3, 0.4) is 0 Å². The van der Waals surface area contributed by atoms with Gasteiger partial charge in [0.1, 0.15) is 0 Å². The van der Waals surface area contributed by atoms with Crippen LogP contribution in [0.15, 0.2) is 4.99 Å². The van der Waals surface area contributed by atoms with Crippen LogP contribution >= 0.6 is 11.8 Å². The first-order valence-electron chi connectivity index (χ1n) is 5.09. The SMILES string of the molecule is CC1(C)CCC(NC2=NCCS2)C1. The molecule has 2 nitrogen and oxygen atoms in total. The largest absolute Gasteiger partial charge is 0.362 e. The first-order valence-corrected chi connectivity index (χ1v) is 6.08. The highest BCUT2D eigenvalue weighted by Gasteiger charge is 2.31. The van der Waals surface area contributed by atoms with Crippen LogP contribution in [-0.2, 0) is 0 Å². The molecule has 0 spiro atoms. The molecule has 1 unspecified atom stereocenters. The number of hydrogen-bond donors (Lipinski definition) is 1. The summed E-state index contributed by atoms with van der Waals surface area (Å²) >= 11 is 1.87. The van der Waals surface area contributed by atoms with Crippen molar-refractivity contribution in [2.24, 2.45) is 10.4 Å². The van der Waals surface area contributed by atoms with E-state index in [1.54, 1.807) is 0 Å². The van der Waals surface area contributed by atoms with Crippen molar-refractivity contribution < 1.29 is 0 Å². The van der Waals surface area contributed by atoms with E-state index in [1.165, 1.54) is 30.2 Å². The van der Waals surface area contributed by atoms with Crippen molar-refractivity contribution in [1.29, 1.82) is 0 Å². The van der Waals surface area contributed by atoms with E-state index < -0.39 is 0 Å². The van der Waals surface area contributed by atoms with E-state index in [-0.39, 0.29) is 0 Å². The highest BCUT2D eigenvalue weighted by Crippen LogP contribution is 2.37. The molecule has 3 heteroatoms. The third-order valence-corrected chi connectivity index (χ3v) is 3.79. The normalized spacial score (nSPS) is 31.8. The first kappa shape index (κ1) is 9.38. The van der Waals surface area contributed by atoms with Gasteiger partial charge < -0.3 is 5.32 Å². The number of nitrogens with zero attached hydrogens (tertiary/aromatic N) is 1. The van der Waals surface area contributed by atoms with E-state index in [2.05, 4.69) is 24.2 Å². The highest BCUT2D eigenvalue weighted by atomic mass is 32.2.